The lowest BCUT2D eigenvalue weighted by Gasteiger charge is -2.27. The van der Waals surface area contributed by atoms with Gasteiger partial charge in [0.25, 0.3) is 0 Å². The van der Waals surface area contributed by atoms with E-state index >= 15 is 0 Å². The maximum atomic E-state index is 2.31. The number of hydrogen-bond donors (Lipinski definition) is 0. The Morgan fingerprint density at radius 2 is 1.48 bits per heavy atom. The van der Waals surface area contributed by atoms with Crippen molar-refractivity contribution >= 4 is 21.4 Å². The first kappa shape index (κ1) is 13.1. The molecule has 0 spiro atoms. The average Bonchev–Trinajstić information content (AvgIpc) is 2.98. The predicted octanol–water partition coefficient (Wildman–Crippen LogP) is 5.99. The predicted molar refractivity (Wildman–Crippen MR) is 98.5 cm³/mol. The topological polar surface area (TPSA) is 0 Å². The molecule has 110 valence electrons. The minimum Gasteiger partial charge on any atom is -0.140 e. The van der Waals surface area contributed by atoms with Crippen LogP contribution >= 0.6 is 11.3 Å². The fraction of sp³-hybridized carbons (Fsp3) is 0.0909. The van der Waals surface area contributed by atoms with E-state index in [1.165, 1.54) is 37.2 Å². The number of thiophene rings is 1. The van der Waals surface area contributed by atoms with Gasteiger partial charge in [-0.1, -0.05) is 72.8 Å². The molecule has 1 unspecified atom stereocenters. The molecule has 0 saturated heterocycles. The van der Waals surface area contributed by atoms with Gasteiger partial charge in [0, 0.05) is 21.9 Å². The van der Waals surface area contributed by atoms with Crippen molar-refractivity contribution < 1.29 is 0 Å². The Hall–Kier alpha value is -2.38. The molecule has 0 fully saturated rings. The van der Waals surface area contributed by atoms with Crippen molar-refractivity contribution in [3.8, 4) is 0 Å². The molecule has 23 heavy (non-hydrogen) atoms. The third kappa shape index (κ3) is 1.97. The van der Waals surface area contributed by atoms with E-state index in [4.69, 9.17) is 0 Å². The number of rotatable bonds is 1. The molecule has 3 aromatic carbocycles. The molecule has 0 amide bonds. The standard InChI is InChI=1S/C22H16S/c1-2-8-15(9-3-1)21-17-11-5-4-10-16(17)14-20-22(21)18-12-6-7-13-19(18)23-20/h1-13,21H,14H2. The van der Waals surface area contributed by atoms with Gasteiger partial charge in [0.15, 0.2) is 0 Å². The SMILES string of the molecule is c1ccc(C2c3ccccc3Cc3sc4ccccc4c32)cc1. The highest BCUT2D eigenvalue weighted by molar-refractivity contribution is 7.19. The lowest BCUT2D eigenvalue weighted by atomic mass is 9.77. The Balaban J connectivity index is 1.86. The second kappa shape index (κ2) is 5.07. The highest BCUT2D eigenvalue weighted by atomic mass is 32.1. The van der Waals surface area contributed by atoms with Gasteiger partial charge in [-0.05, 0) is 33.7 Å². The smallest absolute Gasteiger partial charge is 0.0360 e. The fourth-order valence-electron chi connectivity index (χ4n) is 3.86. The van der Waals surface area contributed by atoms with Gasteiger partial charge in [-0.15, -0.1) is 11.3 Å². The molecule has 5 rings (SSSR count). The molecule has 4 aromatic rings. The first-order valence-corrected chi connectivity index (χ1v) is 8.86. The Morgan fingerprint density at radius 3 is 2.39 bits per heavy atom. The summed E-state index contributed by atoms with van der Waals surface area (Å²) in [4.78, 5) is 1.53. The van der Waals surface area contributed by atoms with E-state index in [1.54, 1.807) is 0 Å². The molecule has 1 heteroatoms. The van der Waals surface area contributed by atoms with Crippen molar-refractivity contribution in [1.82, 2.24) is 0 Å². The molecule has 0 radical (unpaired) electrons. The zero-order valence-electron chi connectivity index (χ0n) is 12.7. The summed E-state index contributed by atoms with van der Waals surface area (Å²) >= 11 is 1.96. The number of hydrogen-bond acceptors (Lipinski definition) is 1. The zero-order chi connectivity index (χ0) is 15.2. The normalized spacial score (nSPS) is 16.1. The molecular formula is C22H16S. The lowest BCUT2D eigenvalue weighted by Crippen LogP contribution is -2.13. The van der Waals surface area contributed by atoms with Crippen molar-refractivity contribution in [2.24, 2.45) is 0 Å². The van der Waals surface area contributed by atoms with Crippen LogP contribution < -0.4 is 0 Å². The van der Waals surface area contributed by atoms with Crippen LogP contribution in [0, 0.1) is 0 Å². The van der Waals surface area contributed by atoms with Gasteiger partial charge in [-0.25, -0.2) is 0 Å². The van der Waals surface area contributed by atoms with Gasteiger partial charge >= 0.3 is 0 Å². The van der Waals surface area contributed by atoms with E-state index in [0.29, 0.717) is 5.92 Å². The summed E-state index contributed by atoms with van der Waals surface area (Å²) < 4.78 is 1.41. The highest BCUT2D eigenvalue weighted by Crippen LogP contribution is 2.47. The molecule has 1 aliphatic rings. The molecule has 1 aliphatic carbocycles. The minimum atomic E-state index is 0.354. The van der Waals surface area contributed by atoms with Crippen LogP contribution in [-0.2, 0) is 6.42 Å². The van der Waals surface area contributed by atoms with Crippen molar-refractivity contribution in [3.63, 3.8) is 0 Å². The van der Waals surface area contributed by atoms with Crippen molar-refractivity contribution in [2.45, 2.75) is 12.3 Å². The summed E-state index contributed by atoms with van der Waals surface area (Å²) in [7, 11) is 0. The highest BCUT2D eigenvalue weighted by Gasteiger charge is 2.29. The second-order valence-corrected chi connectivity index (χ2v) is 7.29. The van der Waals surface area contributed by atoms with Crippen molar-refractivity contribution in [2.75, 3.05) is 0 Å². The van der Waals surface area contributed by atoms with E-state index in [-0.39, 0.29) is 0 Å². The van der Waals surface area contributed by atoms with Gasteiger partial charge in [0.1, 0.15) is 0 Å². The maximum absolute atomic E-state index is 2.31. The van der Waals surface area contributed by atoms with E-state index in [2.05, 4.69) is 78.9 Å². The van der Waals surface area contributed by atoms with Gasteiger partial charge in [-0.2, -0.15) is 0 Å². The fourth-order valence-corrected chi connectivity index (χ4v) is 5.13. The van der Waals surface area contributed by atoms with E-state index in [1.807, 2.05) is 11.3 Å². The Kier molecular flexibility index (Phi) is 2.89. The Morgan fingerprint density at radius 1 is 0.739 bits per heavy atom. The lowest BCUT2D eigenvalue weighted by molar-refractivity contribution is 0.911. The maximum Gasteiger partial charge on any atom is 0.0360 e. The molecule has 1 atom stereocenters. The van der Waals surface area contributed by atoms with Crippen LogP contribution in [0.3, 0.4) is 0 Å². The quantitative estimate of drug-likeness (QED) is 0.357. The summed E-state index contributed by atoms with van der Waals surface area (Å²) in [6, 6.07) is 28.7. The second-order valence-electron chi connectivity index (χ2n) is 6.15. The summed E-state index contributed by atoms with van der Waals surface area (Å²) in [5.41, 5.74) is 5.86. The molecule has 0 nitrogen and oxygen atoms in total. The van der Waals surface area contributed by atoms with Crippen molar-refractivity contribution in [1.29, 1.82) is 0 Å². The van der Waals surface area contributed by atoms with E-state index in [9.17, 15) is 0 Å². The van der Waals surface area contributed by atoms with Crippen LogP contribution in [0.2, 0.25) is 0 Å². The van der Waals surface area contributed by atoms with Crippen LogP contribution in [0.5, 0.6) is 0 Å². The monoisotopic (exact) mass is 312 g/mol. The van der Waals surface area contributed by atoms with Crippen LogP contribution in [0.15, 0.2) is 78.9 Å². The first-order valence-electron chi connectivity index (χ1n) is 8.05. The third-order valence-corrected chi connectivity index (χ3v) is 6.04. The summed E-state index contributed by atoms with van der Waals surface area (Å²) in [6.07, 6.45) is 1.06. The van der Waals surface area contributed by atoms with Crippen LogP contribution in [0.25, 0.3) is 10.1 Å². The zero-order valence-corrected chi connectivity index (χ0v) is 13.5. The number of fused-ring (bicyclic) bond motifs is 4. The Bertz CT molecular complexity index is 995. The van der Waals surface area contributed by atoms with Crippen LogP contribution in [-0.4, -0.2) is 0 Å². The largest absolute Gasteiger partial charge is 0.140 e. The molecular weight excluding hydrogens is 296 g/mol. The minimum absolute atomic E-state index is 0.354. The van der Waals surface area contributed by atoms with Gasteiger partial charge < -0.3 is 0 Å². The van der Waals surface area contributed by atoms with E-state index in [0.717, 1.165) is 6.42 Å². The van der Waals surface area contributed by atoms with E-state index < -0.39 is 0 Å². The first-order chi connectivity index (χ1) is 11.4. The molecule has 0 aliphatic heterocycles. The summed E-state index contributed by atoms with van der Waals surface area (Å²) in [5.74, 6) is 0.354. The van der Waals surface area contributed by atoms with Gasteiger partial charge in [0.2, 0.25) is 0 Å². The molecule has 1 heterocycles. The number of benzene rings is 3. The molecule has 0 saturated carbocycles. The summed E-state index contributed by atoms with van der Waals surface area (Å²) in [6.45, 7) is 0. The summed E-state index contributed by atoms with van der Waals surface area (Å²) in [5, 5.41) is 1.43. The van der Waals surface area contributed by atoms with Crippen LogP contribution in [0.4, 0.5) is 0 Å². The van der Waals surface area contributed by atoms with Crippen molar-refractivity contribution in [3.05, 3.63) is 106 Å². The molecule has 1 aromatic heterocycles. The Labute approximate surface area is 140 Å². The van der Waals surface area contributed by atoms with Gasteiger partial charge in [0.05, 0.1) is 0 Å². The molecule has 0 bridgehead atoms. The third-order valence-electron chi connectivity index (χ3n) is 4.85. The van der Waals surface area contributed by atoms with Crippen LogP contribution in [0.1, 0.15) is 33.0 Å². The van der Waals surface area contributed by atoms with Gasteiger partial charge in [-0.3, -0.25) is 0 Å². The molecule has 0 N–H and O–H groups in total. The average molecular weight is 312 g/mol.